The quantitative estimate of drug-likeness (QED) is 0.517. The Morgan fingerprint density at radius 2 is 1.27 bits per heavy atom. The number of carbonyl (C=O) groups is 1. The molecule has 0 bridgehead atoms. The van der Waals surface area contributed by atoms with E-state index < -0.39 is 16.4 Å². The predicted molar refractivity (Wildman–Crippen MR) is 27.5 cm³/mol. The Kier molecular flexibility index (Phi) is 22.0. The van der Waals surface area contributed by atoms with E-state index in [1.165, 1.54) is 0 Å². The Hall–Kier alpha value is 0.730. The number of hydrogen-bond acceptors (Lipinski definition) is 3. The van der Waals surface area contributed by atoms with E-state index in [9.17, 15) is 0 Å². The summed E-state index contributed by atoms with van der Waals surface area (Å²) in [6.07, 6.45) is 0. The molecule has 0 aliphatic carbocycles. The van der Waals surface area contributed by atoms with Crippen molar-refractivity contribution >= 4 is 16.4 Å². The molecular formula is C2H6CoO6SZr. The fourth-order valence-electron chi connectivity index (χ4n) is 0. The number of carboxylic acid groups (broad SMARTS) is 1. The smallest absolute Gasteiger partial charge is 0.394 e. The van der Waals surface area contributed by atoms with Gasteiger partial charge in [-0.05, 0) is 0 Å². The van der Waals surface area contributed by atoms with Gasteiger partial charge in [-0.3, -0.25) is 13.9 Å². The van der Waals surface area contributed by atoms with Crippen LogP contribution in [0.4, 0.5) is 0 Å². The van der Waals surface area contributed by atoms with E-state index >= 15 is 0 Å². The summed E-state index contributed by atoms with van der Waals surface area (Å²) in [5.74, 6) is -0.833. The Balaban J connectivity index is -0.0000000383. The van der Waals surface area contributed by atoms with Gasteiger partial charge in [0.05, 0.1) is 0 Å². The Morgan fingerprint density at radius 1 is 1.27 bits per heavy atom. The van der Waals surface area contributed by atoms with Crippen LogP contribution in [0.15, 0.2) is 0 Å². The van der Waals surface area contributed by atoms with Crippen LogP contribution in [-0.2, 0) is 58.2 Å². The Bertz CT molecular complexity index is 163. The minimum Gasteiger partial charge on any atom is -0.481 e. The van der Waals surface area contributed by atoms with E-state index in [0.29, 0.717) is 0 Å². The van der Waals surface area contributed by atoms with Gasteiger partial charge in [0.1, 0.15) is 0 Å². The molecule has 0 amide bonds. The summed E-state index contributed by atoms with van der Waals surface area (Å²) in [6.45, 7) is 1.08. The van der Waals surface area contributed by atoms with E-state index in [4.69, 9.17) is 27.4 Å². The van der Waals surface area contributed by atoms with Gasteiger partial charge in [-0.1, -0.05) is 0 Å². The maximum absolute atomic E-state index is 9.00. The fourth-order valence-corrected chi connectivity index (χ4v) is 0. The van der Waals surface area contributed by atoms with Crippen LogP contribution in [0.1, 0.15) is 6.92 Å². The van der Waals surface area contributed by atoms with Crippen LogP contribution in [0.3, 0.4) is 0 Å². The molecule has 1 radical (unpaired) electrons. The summed E-state index contributed by atoms with van der Waals surface area (Å²) in [7, 11) is -4.67. The first-order valence-corrected chi connectivity index (χ1v) is 3.02. The first kappa shape index (κ1) is 22.6. The number of aliphatic carboxylic acids is 1. The van der Waals surface area contributed by atoms with Crippen LogP contribution in [0.25, 0.3) is 0 Å². The van der Waals surface area contributed by atoms with Crippen molar-refractivity contribution in [2.45, 2.75) is 6.92 Å². The third-order valence-electron chi connectivity index (χ3n) is 0. The van der Waals surface area contributed by atoms with Crippen LogP contribution >= 0.6 is 0 Å². The van der Waals surface area contributed by atoms with Crippen LogP contribution in [-0.4, -0.2) is 28.6 Å². The Morgan fingerprint density at radius 3 is 1.27 bits per heavy atom. The molecule has 69 valence electrons. The second-order valence-electron chi connectivity index (χ2n) is 0.967. The van der Waals surface area contributed by atoms with Gasteiger partial charge in [0.25, 0.3) is 5.97 Å². The van der Waals surface area contributed by atoms with Crippen molar-refractivity contribution in [3.05, 3.63) is 0 Å². The summed E-state index contributed by atoms with van der Waals surface area (Å²) in [5.41, 5.74) is 0. The molecule has 0 heterocycles. The zero-order valence-electron chi connectivity index (χ0n) is 5.31. The van der Waals surface area contributed by atoms with Gasteiger partial charge in [0.15, 0.2) is 0 Å². The molecular weight excluding hydrogens is 302 g/mol. The summed E-state index contributed by atoms with van der Waals surface area (Å²) >= 11 is 0. The summed E-state index contributed by atoms with van der Waals surface area (Å²) < 4.78 is 31.6. The van der Waals surface area contributed by atoms with Crippen molar-refractivity contribution in [2.75, 3.05) is 0 Å². The largest absolute Gasteiger partial charge is 0.481 e. The van der Waals surface area contributed by atoms with Crippen molar-refractivity contribution in [3.8, 4) is 0 Å². The molecule has 0 spiro atoms. The van der Waals surface area contributed by atoms with Crippen molar-refractivity contribution in [3.63, 3.8) is 0 Å². The molecule has 0 saturated carbocycles. The molecule has 0 saturated heterocycles. The van der Waals surface area contributed by atoms with Crippen LogP contribution in [0.2, 0.25) is 0 Å². The zero-order chi connectivity index (χ0) is 8.08. The number of rotatable bonds is 0. The summed E-state index contributed by atoms with van der Waals surface area (Å²) in [5, 5.41) is 7.42. The average Bonchev–Trinajstić information content (AvgIpc) is 1.19. The predicted octanol–water partition coefficient (Wildman–Crippen LogP) is -0.567. The minimum absolute atomic E-state index is 0. The molecule has 0 aromatic heterocycles. The molecule has 6 nitrogen and oxygen atoms in total. The van der Waals surface area contributed by atoms with Crippen LogP contribution < -0.4 is 0 Å². The maximum Gasteiger partial charge on any atom is 0.394 e. The molecule has 9 heteroatoms. The van der Waals surface area contributed by atoms with Gasteiger partial charge in [0, 0.05) is 49.9 Å². The van der Waals surface area contributed by atoms with Crippen molar-refractivity contribution in [2.24, 2.45) is 0 Å². The van der Waals surface area contributed by atoms with Crippen LogP contribution in [0, 0.1) is 0 Å². The van der Waals surface area contributed by atoms with Crippen molar-refractivity contribution in [1.82, 2.24) is 0 Å². The molecule has 0 aliphatic rings. The monoisotopic (exact) mass is 307 g/mol. The van der Waals surface area contributed by atoms with E-state index in [1.54, 1.807) is 0 Å². The van der Waals surface area contributed by atoms with Gasteiger partial charge in [0.2, 0.25) is 0 Å². The van der Waals surface area contributed by atoms with Crippen LogP contribution in [0.5, 0.6) is 0 Å². The number of carboxylic acids is 1. The summed E-state index contributed by atoms with van der Waals surface area (Å²) in [6, 6.07) is 0. The molecule has 0 unspecified atom stereocenters. The van der Waals surface area contributed by atoms with Gasteiger partial charge in [-0.15, -0.1) is 0 Å². The average molecular weight is 308 g/mol. The minimum atomic E-state index is -4.67. The zero-order valence-corrected chi connectivity index (χ0v) is 9.62. The fraction of sp³-hybridized carbons (Fsp3) is 0.500. The third-order valence-corrected chi connectivity index (χ3v) is 0. The third kappa shape index (κ3) is 1540. The van der Waals surface area contributed by atoms with Crippen molar-refractivity contribution < 1.29 is 70.4 Å². The Labute approximate surface area is 93.3 Å². The van der Waals surface area contributed by atoms with E-state index in [1.807, 2.05) is 0 Å². The van der Waals surface area contributed by atoms with Crippen molar-refractivity contribution in [1.29, 1.82) is 0 Å². The molecule has 0 aliphatic heterocycles. The molecule has 11 heavy (non-hydrogen) atoms. The molecule has 0 atom stereocenters. The normalized spacial score (nSPS) is 7.55. The molecule has 3 N–H and O–H groups in total. The first-order chi connectivity index (χ1) is 3.73. The SMILES string of the molecule is CC(=O)O.O=S(=O)(O)O.[Co].[Zr]. The molecule has 0 aromatic carbocycles. The first-order valence-electron chi connectivity index (χ1n) is 1.63. The van der Waals surface area contributed by atoms with Gasteiger partial charge in [-0.25, -0.2) is 0 Å². The van der Waals surface area contributed by atoms with Gasteiger partial charge < -0.3 is 5.11 Å². The van der Waals surface area contributed by atoms with E-state index in [2.05, 4.69) is 0 Å². The molecule has 0 rings (SSSR count). The van der Waals surface area contributed by atoms with E-state index in [-0.39, 0.29) is 43.0 Å². The van der Waals surface area contributed by atoms with Gasteiger partial charge in [-0.2, -0.15) is 8.42 Å². The maximum atomic E-state index is 9.00. The standard InChI is InChI=1S/C2H4O2.Co.H2O4S.Zr/c1-2(3)4;;1-5(2,3)4;/h1H3,(H,3,4);;(H2,1,2,3,4);. The second-order valence-corrected chi connectivity index (χ2v) is 1.86. The molecule has 0 fully saturated rings. The number of hydrogen-bond donors (Lipinski definition) is 3. The second kappa shape index (κ2) is 10.7. The topological polar surface area (TPSA) is 112 Å². The van der Waals surface area contributed by atoms with Gasteiger partial charge >= 0.3 is 10.4 Å². The summed E-state index contributed by atoms with van der Waals surface area (Å²) in [4.78, 5) is 9.00. The molecule has 0 aromatic rings. The van der Waals surface area contributed by atoms with E-state index in [0.717, 1.165) is 6.92 Å².